The summed E-state index contributed by atoms with van der Waals surface area (Å²) >= 11 is 0. The van der Waals surface area contributed by atoms with Crippen LogP contribution in [0.25, 0.3) is 0 Å². The molecule has 8 nitrogen and oxygen atoms in total. The Bertz CT molecular complexity index is 759. The average molecular weight is 386 g/mol. The Hall–Kier alpha value is -2.13. The molecule has 1 aromatic rings. The molecule has 2 N–H and O–H groups in total. The first kappa shape index (κ1) is 21.9. The summed E-state index contributed by atoms with van der Waals surface area (Å²) in [5, 5.41) is 9.23. The van der Waals surface area contributed by atoms with Crippen LogP contribution in [0, 0.1) is 11.8 Å². The van der Waals surface area contributed by atoms with E-state index in [0.717, 1.165) is 0 Å². The van der Waals surface area contributed by atoms with Gasteiger partial charge in [-0.15, -0.1) is 0 Å². The Morgan fingerprint density at radius 2 is 1.88 bits per heavy atom. The minimum atomic E-state index is -3.97. The van der Waals surface area contributed by atoms with Gasteiger partial charge in [-0.25, -0.2) is 13.1 Å². The smallest absolute Gasteiger partial charge is 0.307 e. The van der Waals surface area contributed by atoms with Crippen LogP contribution in [0.2, 0.25) is 0 Å². The number of nitrogens with one attached hydrogen (secondary N) is 1. The fourth-order valence-electron chi connectivity index (χ4n) is 2.40. The van der Waals surface area contributed by atoms with E-state index in [2.05, 4.69) is 4.72 Å². The molecule has 1 rings (SSSR count). The quantitative estimate of drug-likeness (QED) is 0.664. The molecular weight excluding hydrogens is 360 g/mol. The molecule has 1 amide bonds. The fraction of sp³-hybridized carbons (Fsp3) is 0.529. The molecule has 0 heterocycles. The van der Waals surface area contributed by atoms with E-state index in [1.165, 1.54) is 30.2 Å². The number of sulfonamides is 1. The van der Waals surface area contributed by atoms with Crippen molar-refractivity contribution in [2.75, 3.05) is 27.7 Å². The van der Waals surface area contributed by atoms with Gasteiger partial charge in [0.2, 0.25) is 10.0 Å². The number of ether oxygens (including phenoxy) is 1. The Morgan fingerprint density at radius 3 is 2.35 bits per heavy atom. The number of carboxylic acids is 1. The number of carboxylic acid groups (broad SMARTS) is 1. The summed E-state index contributed by atoms with van der Waals surface area (Å²) in [5.41, 5.74) is 0.109. The molecular formula is C17H26N2O6S. The van der Waals surface area contributed by atoms with Gasteiger partial charge in [-0.1, -0.05) is 13.8 Å². The molecule has 0 aliphatic carbocycles. The van der Waals surface area contributed by atoms with Crippen molar-refractivity contribution in [2.24, 2.45) is 11.8 Å². The lowest BCUT2D eigenvalue weighted by Gasteiger charge is -2.17. The van der Waals surface area contributed by atoms with Crippen LogP contribution >= 0.6 is 0 Å². The number of carbonyl (C=O) groups is 2. The standard InChI is InChI=1S/C17H26N2O6S/c1-11(2)8-12(17(21)22)10-18-26(23,24)13-6-7-15(25-5)14(9-13)16(20)19(3)4/h6-7,9,11-12,18H,8,10H2,1-5H3,(H,21,22). The van der Waals surface area contributed by atoms with Crippen molar-refractivity contribution < 1.29 is 27.9 Å². The number of hydrogen-bond acceptors (Lipinski definition) is 5. The zero-order chi connectivity index (χ0) is 20.1. The van der Waals surface area contributed by atoms with Crippen LogP contribution < -0.4 is 9.46 Å². The topological polar surface area (TPSA) is 113 Å². The van der Waals surface area contributed by atoms with Crippen molar-refractivity contribution in [1.29, 1.82) is 0 Å². The molecule has 1 aromatic carbocycles. The number of nitrogens with zero attached hydrogens (tertiary/aromatic N) is 1. The third-order valence-electron chi connectivity index (χ3n) is 3.74. The van der Waals surface area contributed by atoms with Gasteiger partial charge in [0, 0.05) is 20.6 Å². The highest BCUT2D eigenvalue weighted by molar-refractivity contribution is 7.89. The molecule has 0 bridgehead atoms. The summed E-state index contributed by atoms with van der Waals surface area (Å²) < 4.78 is 32.5. The maximum atomic E-state index is 12.5. The molecule has 0 saturated heterocycles. The van der Waals surface area contributed by atoms with E-state index in [1.54, 1.807) is 14.1 Å². The van der Waals surface area contributed by atoms with Gasteiger partial charge in [-0.2, -0.15) is 0 Å². The number of aliphatic carboxylic acids is 1. The molecule has 146 valence electrons. The number of carbonyl (C=O) groups excluding carboxylic acids is 1. The minimum Gasteiger partial charge on any atom is -0.496 e. The predicted octanol–water partition coefficient (Wildman–Crippen LogP) is 1.42. The normalized spacial score (nSPS) is 12.7. The van der Waals surface area contributed by atoms with Gasteiger partial charge < -0.3 is 14.7 Å². The summed E-state index contributed by atoms with van der Waals surface area (Å²) in [6.07, 6.45) is 0.352. The third-order valence-corrected chi connectivity index (χ3v) is 5.16. The van der Waals surface area contributed by atoms with E-state index in [1.807, 2.05) is 13.8 Å². The van der Waals surface area contributed by atoms with Crippen LogP contribution in [0.3, 0.4) is 0 Å². The van der Waals surface area contributed by atoms with Crippen LogP contribution in [0.1, 0.15) is 30.6 Å². The minimum absolute atomic E-state index is 0.109. The van der Waals surface area contributed by atoms with E-state index < -0.39 is 27.8 Å². The highest BCUT2D eigenvalue weighted by Gasteiger charge is 2.24. The highest BCUT2D eigenvalue weighted by Crippen LogP contribution is 2.24. The van der Waals surface area contributed by atoms with Crippen LogP contribution in [-0.4, -0.2) is 58.1 Å². The summed E-state index contributed by atoms with van der Waals surface area (Å²) in [5.74, 6) is -1.91. The second kappa shape index (κ2) is 9.00. The molecule has 0 aromatic heterocycles. The van der Waals surface area contributed by atoms with Crippen molar-refractivity contribution in [3.63, 3.8) is 0 Å². The fourth-order valence-corrected chi connectivity index (χ4v) is 3.50. The number of amides is 1. The highest BCUT2D eigenvalue weighted by atomic mass is 32.2. The van der Waals surface area contributed by atoms with Gasteiger partial charge in [0.1, 0.15) is 5.75 Å². The average Bonchev–Trinajstić information content (AvgIpc) is 2.56. The maximum absolute atomic E-state index is 12.5. The van der Waals surface area contributed by atoms with Crippen LogP contribution in [0.5, 0.6) is 5.75 Å². The number of methoxy groups -OCH3 is 1. The molecule has 0 spiro atoms. The third kappa shape index (κ3) is 5.70. The molecule has 0 fully saturated rings. The Morgan fingerprint density at radius 1 is 1.27 bits per heavy atom. The lowest BCUT2D eigenvalue weighted by Crippen LogP contribution is -2.34. The largest absolute Gasteiger partial charge is 0.496 e. The first-order chi connectivity index (χ1) is 12.0. The van der Waals surface area contributed by atoms with Crippen molar-refractivity contribution in [3.8, 4) is 5.75 Å². The van der Waals surface area contributed by atoms with Crippen molar-refractivity contribution in [3.05, 3.63) is 23.8 Å². The Balaban J connectivity index is 3.10. The molecule has 1 unspecified atom stereocenters. The van der Waals surface area contributed by atoms with Crippen LogP contribution in [0.15, 0.2) is 23.1 Å². The van der Waals surface area contributed by atoms with Crippen molar-refractivity contribution in [1.82, 2.24) is 9.62 Å². The van der Waals surface area contributed by atoms with E-state index in [0.29, 0.717) is 6.42 Å². The summed E-state index contributed by atoms with van der Waals surface area (Å²) in [7, 11) is 0.508. The van der Waals surface area contributed by atoms with Gasteiger partial charge in [-0.3, -0.25) is 9.59 Å². The van der Waals surface area contributed by atoms with Crippen LogP contribution in [0.4, 0.5) is 0 Å². The lowest BCUT2D eigenvalue weighted by molar-refractivity contribution is -0.142. The number of hydrogen-bond donors (Lipinski definition) is 2. The van der Waals surface area contributed by atoms with E-state index in [-0.39, 0.29) is 28.7 Å². The van der Waals surface area contributed by atoms with E-state index >= 15 is 0 Å². The van der Waals surface area contributed by atoms with Gasteiger partial charge in [0.05, 0.1) is 23.5 Å². The molecule has 9 heteroatoms. The molecule has 0 aliphatic rings. The Kier molecular flexibility index (Phi) is 7.58. The molecule has 1 atom stereocenters. The van der Waals surface area contributed by atoms with Crippen LogP contribution in [-0.2, 0) is 14.8 Å². The number of benzene rings is 1. The van der Waals surface area contributed by atoms with Crippen molar-refractivity contribution >= 4 is 21.9 Å². The zero-order valence-electron chi connectivity index (χ0n) is 15.6. The first-order valence-corrected chi connectivity index (χ1v) is 9.60. The van der Waals surface area contributed by atoms with E-state index in [9.17, 15) is 23.1 Å². The summed E-state index contributed by atoms with van der Waals surface area (Å²) in [4.78, 5) is 24.7. The lowest BCUT2D eigenvalue weighted by atomic mass is 9.98. The monoisotopic (exact) mass is 386 g/mol. The molecule has 0 saturated carbocycles. The van der Waals surface area contributed by atoms with Gasteiger partial charge >= 0.3 is 5.97 Å². The van der Waals surface area contributed by atoms with E-state index in [4.69, 9.17) is 4.74 Å². The second-order valence-corrected chi connectivity index (χ2v) is 8.35. The second-order valence-electron chi connectivity index (χ2n) is 6.58. The zero-order valence-corrected chi connectivity index (χ0v) is 16.5. The summed E-state index contributed by atoms with van der Waals surface area (Å²) in [6, 6.07) is 3.93. The predicted molar refractivity (Wildman–Crippen MR) is 96.8 cm³/mol. The molecule has 0 aliphatic heterocycles. The molecule has 0 radical (unpaired) electrons. The maximum Gasteiger partial charge on any atom is 0.307 e. The molecule has 26 heavy (non-hydrogen) atoms. The van der Waals surface area contributed by atoms with Gasteiger partial charge in [-0.05, 0) is 30.5 Å². The van der Waals surface area contributed by atoms with Gasteiger partial charge in [0.15, 0.2) is 0 Å². The Labute approximate surface area is 154 Å². The van der Waals surface area contributed by atoms with Gasteiger partial charge in [0.25, 0.3) is 5.91 Å². The SMILES string of the molecule is COc1ccc(S(=O)(=O)NCC(CC(C)C)C(=O)O)cc1C(=O)N(C)C. The summed E-state index contributed by atoms with van der Waals surface area (Å²) in [6.45, 7) is 3.51. The van der Waals surface area contributed by atoms with Crippen molar-refractivity contribution in [2.45, 2.75) is 25.2 Å². The number of rotatable bonds is 9. The first-order valence-electron chi connectivity index (χ1n) is 8.11.